The average Bonchev–Trinajstić information content (AvgIpc) is 1.35. The maximum Gasteiger partial charge on any atom is 0.109 e. The van der Waals surface area contributed by atoms with Crippen molar-refractivity contribution in [3.05, 3.63) is 5.32 Å². The first-order valence-electron chi connectivity index (χ1n) is 1.82. The summed E-state index contributed by atoms with van der Waals surface area (Å²) in [5.74, 6) is 0.123. The minimum Gasteiger partial charge on any atom is -0.659 e. The number of likely N-dealkylation sites (N-methyl/N-ethyl adjacent to an activating group) is 1. The molecule has 0 aromatic carbocycles. The van der Waals surface area contributed by atoms with Gasteiger partial charge in [-0.05, 0) is 6.92 Å². The molecular weight excluding hydrogens is 316 g/mol. The van der Waals surface area contributed by atoms with E-state index in [0.29, 0.717) is 6.54 Å². The third-order valence-electron chi connectivity index (χ3n) is 0.381. The summed E-state index contributed by atoms with van der Waals surface area (Å²) < 4.78 is 0. The van der Waals surface area contributed by atoms with Gasteiger partial charge in [0, 0.05) is 31.1 Å². The quantitative estimate of drug-likeness (QED) is 0.731. The Bertz CT molecular complexity index is 55.7. The van der Waals surface area contributed by atoms with Crippen LogP contribution in [0, 0.1) is 31.1 Å². The Morgan fingerprint density at radius 2 is 2.14 bits per heavy atom. The first-order valence-corrected chi connectivity index (χ1v) is 1.82. The van der Waals surface area contributed by atoms with Gasteiger partial charge in [0.2, 0.25) is 0 Å². The summed E-state index contributed by atoms with van der Waals surface area (Å²) in [5.41, 5.74) is 0. The Kier molecular flexibility index (Phi) is 10.1. The Morgan fingerprint density at radius 1 is 1.71 bits per heavy atom. The van der Waals surface area contributed by atoms with E-state index in [1.165, 1.54) is 6.92 Å². The molecule has 0 aromatic rings. The van der Waals surface area contributed by atoms with Crippen molar-refractivity contribution in [2.45, 2.75) is 6.92 Å². The van der Waals surface area contributed by atoms with Crippen LogP contribution < -0.4 is 0 Å². The molecule has 0 unspecified atom stereocenters. The van der Waals surface area contributed by atoms with E-state index >= 15 is 0 Å². The molecule has 0 atom stereocenters. The average molecular weight is 324 g/mol. The van der Waals surface area contributed by atoms with Gasteiger partial charge in [-0.25, -0.2) is 0 Å². The van der Waals surface area contributed by atoms with Gasteiger partial charge >= 0.3 is 0 Å². The summed E-state index contributed by atoms with van der Waals surface area (Å²) in [4.78, 5) is 9.95. The molecule has 0 bridgehead atoms. The second kappa shape index (κ2) is 6.68. The molecule has 0 amide bonds. The van der Waals surface area contributed by atoms with Crippen LogP contribution >= 0.6 is 0 Å². The molecule has 0 aliphatic rings. The van der Waals surface area contributed by atoms with E-state index in [1.54, 1.807) is 7.05 Å². The second-order valence-electron chi connectivity index (χ2n) is 1.18. The number of ketones is 1. The normalized spacial score (nSPS) is 7.14. The molecule has 2 nitrogen and oxygen atoms in total. The maximum absolute atomic E-state index is 9.95. The fourth-order valence-electron chi connectivity index (χ4n) is 0.223. The van der Waals surface area contributed by atoms with E-state index in [1.807, 2.05) is 0 Å². The minimum atomic E-state index is 0. The third-order valence-corrected chi connectivity index (χ3v) is 0.381. The van der Waals surface area contributed by atoms with E-state index in [4.69, 9.17) is 0 Å². The smallest absolute Gasteiger partial charge is 0.109 e. The molecule has 0 fully saturated rings. The van der Waals surface area contributed by atoms with Gasteiger partial charge in [0.15, 0.2) is 0 Å². The van der Waals surface area contributed by atoms with Crippen LogP contribution in [-0.2, 0) is 4.79 Å². The molecule has 0 heterocycles. The van der Waals surface area contributed by atoms with Crippen molar-refractivity contribution in [1.82, 2.24) is 0 Å². The van der Waals surface area contributed by atoms with Crippen molar-refractivity contribution < 1.29 is 35.9 Å². The second-order valence-corrected chi connectivity index (χ2v) is 1.18. The van der Waals surface area contributed by atoms with Crippen LogP contribution in [0.25, 0.3) is 5.32 Å². The monoisotopic (exact) mass is 324 g/mol. The van der Waals surface area contributed by atoms with Crippen LogP contribution in [0.5, 0.6) is 0 Å². The zero-order chi connectivity index (χ0) is 4.99. The molecule has 40 valence electrons. The fraction of sp³-hybridized carbons (Fsp3) is 0.750. The number of carbonyl (C=O) groups is 1. The van der Waals surface area contributed by atoms with Gasteiger partial charge in [0.1, 0.15) is 5.78 Å². The molecule has 7 heavy (non-hydrogen) atoms. The molecule has 3 heteroatoms. The summed E-state index contributed by atoms with van der Waals surface area (Å²) in [6, 6.07) is 0. The number of hydrogen-bond acceptors (Lipinski definition) is 1. The van der Waals surface area contributed by atoms with E-state index < -0.39 is 0 Å². The molecule has 0 aliphatic carbocycles. The largest absolute Gasteiger partial charge is 0.659 e. The summed E-state index contributed by atoms with van der Waals surface area (Å²) in [6.45, 7) is 1.88. The van der Waals surface area contributed by atoms with E-state index in [-0.39, 0.29) is 36.9 Å². The maximum atomic E-state index is 9.95. The zero-order valence-corrected chi connectivity index (χ0v) is 8.73. The molecule has 0 saturated heterocycles. The van der Waals surface area contributed by atoms with Gasteiger partial charge in [0.25, 0.3) is 0 Å². The van der Waals surface area contributed by atoms with Gasteiger partial charge in [-0.15, -0.1) is 0 Å². The van der Waals surface area contributed by atoms with Crippen molar-refractivity contribution >= 4 is 5.78 Å². The summed E-state index contributed by atoms with van der Waals surface area (Å²) in [7, 11) is 1.63. The number of nitrogens with zero attached hydrogens (tertiary/aromatic N) is 1. The fourth-order valence-corrected chi connectivity index (χ4v) is 0.223. The zero-order valence-electron chi connectivity index (χ0n) is 4.56. The number of Topliss-reactive ketones (excluding diaryl/α,β-unsaturated/α-hetero) is 1. The van der Waals surface area contributed by atoms with E-state index in [0.717, 1.165) is 0 Å². The van der Waals surface area contributed by atoms with Crippen LogP contribution in [0.3, 0.4) is 0 Å². The predicted octanol–water partition coefficient (Wildman–Crippen LogP) is 0.579. The van der Waals surface area contributed by atoms with Crippen LogP contribution in [0.15, 0.2) is 0 Å². The number of hydrogen-bond donors (Lipinski definition) is 0. The first-order chi connectivity index (χ1) is 2.77. The standard InChI is InChI=1S/C4H8NO.U/c1-4(6)3-5-2;/h3H2,1-2H3;/q-1;. The number of rotatable bonds is 2. The van der Waals surface area contributed by atoms with Crippen LogP contribution in [0.4, 0.5) is 0 Å². The van der Waals surface area contributed by atoms with Gasteiger partial charge in [0.05, 0.1) is 0 Å². The molecule has 0 spiro atoms. The first kappa shape index (κ1) is 10.6. The van der Waals surface area contributed by atoms with Crippen molar-refractivity contribution in [3.63, 3.8) is 0 Å². The van der Waals surface area contributed by atoms with Crippen LogP contribution in [0.1, 0.15) is 6.92 Å². The summed E-state index contributed by atoms with van der Waals surface area (Å²) in [5, 5.41) is 3.59. The Balaban J connectivity index is 0. The SMILES string of the molecule is C[N-]CC(C)=O.[U]. The molecule has 0 saturated carbocycles. The molecule has 0 radical (unpaired) electrons. The van der Waals surface area contributed by atoms with Crippen molar-refractivity contribution in [1.29, 1.82) is 0 Å². The van der Waals surface area contributed by atoms with Crippen molar-refractivity contribution in [3.8, 4) is 0 Å². The predicted molar refractivity (Wildman–Crippen MR) is 24.8 cm³/mol. The minimum absolute atomic E-state index is 0. The van der Waals surface area contributed by atoms with E-state index in [9.17, 15) is 4.79 Å². The summed E-state index contributed by atoms with van der Waals surface area (Å²) >= 11 is 0. The van der Waals surface area contributed by atoms with Gasteiger partial charge in [-0.1, -0.05) is 6.54 Å². The molecule has 0 rings (SSSR count). The van der Waals surface area contributed by atoms with Crippen molar-refractivity contribution in [2.75, 3.05) is 13.6 Å². The topological polar surface area (TPSA) is 31.2 Å². The third kappa shape index (κ3) is 10.8. The Labute approximate surface area is 67.4 Å². The summed E-state index contributed by atoms with van der Waals surface area (Å²) in [6.07, 6.45) is 0. The molecular formula is C4H8NOU-. The molecule has 0 aromatic heterocycles. The van der Waals surface area contributed by atoms with Crippen LogP contribution in [0.2, 0.25) is 0 Å². The van der Waals surface area contributed by atoms with Crippen molar-refractivity contribution in [2.24, 2.45) is 0 Å². The van der Waals surface area contributed by atoms with E-state index in [2.05, 4.69) is 5.32 Å². The number of carbonyl (C=O) groups excluding carboxylic acids is 1. The Hall–Kier alpha value is 0.682. The van der Waals surface area contributed by atoms with Gasteiger partial charge in [-0.2, -0.15) is 7.05 Å². The van der Waals surface area contributed by atoms with Gasteiger partial charge in [-0.3, -0.25) is 0 Å². The van der Waals surface area contributed by atoms with Gasteiger partial charge < -0.3 is 10.1 Å². The molecule has 0 N–H and O–H groups in total. The molecule has 0 aliphatic heterocycles. The van der Waals surface area contributed by atoms with Crippen LogP contribution in [-0.4, -0.2) is 19.4 Å². The Morgan fingerprint density at radius 3 is 2.14 bits per heavy atom.